The molecule has 0 saturated heterocycles. The molecule has 0 radical (unpaired) electrons. The number of nitrogens with zero attached hydrogens (tertiary/aromatic N) is 2. The lowest BCUT2D eigenvalue weighted by Crippen LogP contribution is -2.10. The summed E-state index contributed by atoms with van der Waals surface area (Å²) in [5, 5.41) is 9.68. The van der Waals surface area contributed by atoms with Gasteiger partial charge in [0.05, 0.1) is 22.1 Å². The van der Waals surface area contributed by atoms with Gasteiger partial charge in [0.2, 0.25) is 0 Å². The molecule has 68 heavy (non-hydrogen) atoms. The number of hydrogen-bond acceptors (Lipinski definition) is 3. The number of hydrogen-bond donors (Lipinski definition) is 0. The van der Waals surface area contributed by atoms with E-state index < -0.39 is 0 Å². The van der Waals surface area contributed by atoms with Gasteiger partial charge in [0.25, 0.3) is 0 Å². The zero-order valence-electron chi connectivity index (χ0n) is 36.8. The van der Waals surface area contributed by atoms with E-state index in [1.807, 2.05) is 11.3 Å². The summed E-state index contributed by atoms with van der Waals surface area (Å²) < 4.78 is 12.0. The van der Waals surface area contributed by atoms with Crippen LogP contribution in [0.4, 0.5) is 17.1 Å². The molecule has 0 N–H and O–H groups in total. The minimum Gasteiger partial charge on any atom is -0.455 e. The van der Waals surface area contributed by atoms with Crippen LogP contribution in [0.3, 0.4) is 0 Å². The molecule has 318 valence electrons. The molecule has 0 aliphatic rings. The second-order valence-electron chi connectivity index (χ2n) is 17.7. The van der Waals surface area contributed by atoms with Gasteiger partial charge < -0.3 is 13.9 Å². The Labute approximate surface area is 396 Å². The highest BCUT2D eigenvalue weighted by molar-refractivity contribution is 7.25. The number of thiophene rings is 1. The molecule has 0 saturated carbocycles. The monoisotopic (exact) mass is 884 g/mol. The maximum atomic E-state index is 7.01. The Balaban J connectivity index is 0.957. The van der Waals surface area contributed by atoms with Gasteiger partial charge in [0.1, 0.15) is 11.2 Å². The smallest absolute Gasteiger partial charge is 0.145 e. The third-order valence-electron chi connectivity index (χ3n) is 13.8. The molecular formula is C64H40N2OS. The molecular weight excluding hydrogens is 845 g/mol. The van der Waals surface area contributed by atoms with Crippen LogP contribution >= 0.6 is 11.3 Å². The van der Waals surface area contributed by atoms with Gasteiger partial charge in [-0.2, -0.15) is 0 Å². The standard InChI is InChI=1S/C64H40N2OS/c1-2-14-43-37-45(28-27-41(43)13-1)42-29-32-48(33-30-42)65(49-17-11-15-44(38-49)46-31-36-62-56(40-46)54-21-6-10-26-61(54)68-62)59-35-34-51(64-63(59)55-22-5-9-25-60(55)67-64)47-16-12-18-50(39-47)66-57-23-7-3-19-52(57)53-20-4-8-24-58(53)66/h1-40H. The highest BCUT2D eigenvalue weighted by Crippen LogP contribution is 2.48. The number of para-hydroxylation sites is 3. The van der Waals surface area contributed by atoms with Crippen molar-refractivity contribution in [3.8, 4) is 39.1 Å². The fourth-order valence-electron chi connectivity index (χ4n) is 10.6. The highest BCUT2D eigenvalue weighted by atomic mass is 32.1. The lowest BCUT2D eigenvalue weighted by Gasteiger charge is -2.27. The van der Waals surface area contributed by atoms with Crippen molar-refractivity contribution in [1.29, 1.82) is 0 Å². The third-order valence-corrected chi connectivity index (χ3v) is 14.9. The molecule has 0 bridgehead atoms. The molecule has 0 unspecified atom stereocenters. The van der Waals surface area contributed by atoms with Gasteiger partial charge in [-0.3, -0.25) is 0 Å². The summed E-state index contributed by atoms with van der Waals surface area (Å²) in [4.78, 5) is 2.41. The molecule has 3 aromatic heterocycles. The molecule has 0 aliphatic heterocycles. The van der Waals surface area contributed by atoms with Crippen LogP contribution < -0.4 is 4.90 Å². The number of fused-ring (bicyclic) bond motifs is 10. The van der Waals surface area contributed by atoms with Crippen molar-refractivity contribution < 1.29 is 4.42 Å². The summed E-state index contributed by atoms with van der Waals surface area (Å²) in [7, 11) is 0. The Kier molecular flexibility index (Phi) is 8.76. The Bertz CT molecular complexity index is 4230. The van der Waals surface area contributed by atoms with Gasteiger partial charge in [-0.05, 0) is 130 Å². The van der Waals surface area contributed by atoms with Crippen LogP contribution in [0.1, 0.15) is 0 Å². The van der Waals surface area contributed by atoms with E-state index in [1.165, 1.54) is 69.4 Å². The van der Waals surface area contributed by atoms with E-state index in [-0.39, 0.29) is 0 Å². The van der Waals surface area contributed by atoms with Gasteiger partial charge in [-0.25, -0.2) is 0 Å². The Morgan fingerprint density at radius 1 is 0.368 bits per heavy atom. The second-order valence-corrected chi connectivity index (χ2v) is 18.7. The molecule has 14 aromatic rings. The fourth-order valence-corrected chi connectivity index (χ4v) is 11.7. The number of anilines is 3. The van der Waals surface area contributed by atoms with E-state index in [9.17, 15) is 0 Å². The summed E-state index contributed by atoms with van der Waals surface area (Å²) in [6.07, 6.45) is 0. The summed E-state index contributed by atoms with van der Waals surface area (Å²) in [5.74, 6) is 0. The molecule has 14 rings (SSSR count). The van der Waals surface area contributed by atoms with Gasteiger partial charge >= 0.3 is 0 Å². The molecule has 0 spiro atoms. The first-order chi connectivity index (χ1) is 33.7. The van der Waals surface area contributed by atoms with Gasteiger partial charge in [-0.15, -0.1) is 11.3 Å². The van der Waals surface area contributed by atoms with Crippen LogP contribution in [0, 0.1) is 0 Å². The zero-order chi connectivity index (χ0) is 44.7. The fraction of sp³-hybridized carbons (Fsp3) is 0. The summed E-state index contributed by atoms with van der Waals surface area (Å²) in [5.41, 5.74) is 15.2. The Morgan fingerprint density at radius 3 is 1.84 bits per heavy atom. The summed E-state index contributed by atoms with van der Waals surface area (Å²) in [6.45, 7) is 0. The lowest BCUT2D eigenvalue weighted by molar-refractivity contribution is 0.670. The predicted molar refractivity (Wildman–Crippen MR) is 289 cm³/mol. The van der Waals surface area contributed by atoms with Crippen molar-refractivity contribution in [2.75, 3.05) is 4.90 Å². The molecule has 3 nitrogen and oxygen atoms in total. The Hall–Kier alpha value is -8.70. The number of benzene rings is 11. The van der Waals surface area contributed by atoms with Crippen molar-refractivity contribution in [3.63, 3.8) is 0 Å². The van der Waals surface area contributed by atoms with Crippen molar-refractivity contribution in [1.82, 2.24) is 4.57 Å². The largest absolute Gasteiger partial charge is 0.455 e. The summed E-state index contributed by atoms with van der Waals surface area (Å²) >= 11 is 1.85. The summed E-state index contributed by atoms with van der Waals surface area (Å²) in [6, 6.07) is 88.2. The van der Waals surface area contributed by atoms with Crippen LogP contribution in [0.5, 0.6) is 0 Å². The maximum Gasteiger partial charge on any atom is 0.145 e. The van der Waals surface area contributed by atoms with E-state index >= 15 is 0 Å². The maximum absolute atomic E-state index is 7.01. The minimum absolute atomic E-state index is 0.853. The van der Waals surface area contributed by atoms with E-state index in [0.29, 0.717) is 0 Å². The van der Waals surface area contributed by atoms with E-state index in [2.05, 4.69) is 252 Å². The second kappa shape index (κ2) is 15.5. The molecule has 0 aliphatic carbocycles. The normalized spacial score (nSPS) is 11.8. The molecule has 0 amide bonds. The van der Waals surface area contributed by atoms with Crippen molar-refractivity contribution >= 4 is 103 Å². The molecule has 3 heterocycles. The van der Waals surface area contributed by atoms with Crippen molar-refractivity contribution in [2.45, 2.75) is 0 Å². The van der Waals surface area contributed by atoms with Crippen LogP contribution in [-0.4, -0.2) is 4.57 Å². The van der Waals surface area contributed by atoms with E-state index in [0.717, 1.165) is 61.4 Å². The number of rotatable bonds is 7. The quantitative estimate of drug-likeness (QED) is 0.159. The Morgan fingerprint density at radius 2 is 1.00 bits per heavy atom. The average molecular weight is 885 g/mol. The van der Waals surface area contributed by atoms with Crippen LogP contribution in [0.15, 0.2) is 247 Å². The van der Waals surface area contributed by atoms with Crippen molar-refractivity contribution in [3.05, 3.63) is 243 Å². The van der Waals surface area contributed by atoms with Crippen LogP contribution in [0.25, 0.3) is 114 Å². The molecule has 4 heteroatoms. The third kappa shape index (κ3) is 6.19. The topological polar surface area (TPSA) is 21.3 Å². The SMILES string of the molecule is c1cc(-c2ccc3sc4ccccc4c3c2)cc(N(c2ccc(-c3ccc4ccccc4c3)cc2)c2ccc(-c3cccc(-n4c5ccccc5c5ccccc54)c3)c3oc4ccccc4c23)c1. The number of furan rings is 1. The van der Waals surface area contributed by atoms with Crippen LogP contribution in [0.2, 0.25) is 0 Å². The molecule has 0 atom stereocenters. The van der Waals surface area contributed by atoms with E-state index in [4.69, 9.17) is 4.42 Å². The highest BCUT2D eigenvalue weighted by Gasteiger charge is 2.23. The molecule has 0 fully saturated rings. The van der Waals surface area contributed by atoms with Crippen molar-refractivity contribution in [2.24, 2.45) is 0 Å². The zero-order valence-corrected chi connectivity index (χ0v) is 37.6. The van der Waals surface area contributed by atoms with E-state index in [1.54, 1.807) is 0 Å². The first-order valence-corrected chi connectivity index (χ1v) is 24.0. The minimum atomic E-state index is 0.853. The predicted octanol–water partition coefficient (Wildman–Crippen LogP) is 18.7. The average Bonchev–Trinajstić information content (AvgIpc) is 4.09. The van der Waals surface area contributed by atoms with Gasteiger partial charge in [-0.1, -0.05) is 152 Å². The number of aromatic nitrogens is 1. The first kappa shape index (κ1) is 38.6. The van der Waals surface area contributed by atoms with Crippen LogP contribution in [-0.2, 0) is 0 Å². The lowest BCUT2D eigenvalue weighted by atomic mass is 9.98. The molecule has 11 aromatic carbocycles. The van der Waals surface area contributed by atoms with Gasteiger partial charge in [0, 0.05) is 59.0 Å². The van der Waals surface area contributed by atoms with Gasteiger partial charge in [0.15, 0.2) is 0 Å². The first-order valence-electron chi connectivity index (χ1n) is 23.1.